The molecule has 0 amide bonds. The SMILES string of the molecule is CCC(C)n1nnnc1C1CCCCN1. The topological polar surface area (TPSA) is 55.6 Å². The molecule has 0 bridgehead atoms. The van der Waals surface area contributed by atoms with Gasteiger partial charge in [-0.1, -0.05) is 13.3 Å². The van der Waals surface area contributed by atoms with Gasteiger partial charge in [-0.2, -0.15) is 0 Å². The van der Waals surface area contributed by atoms with Gasteiger partial charge in [0.1, 0.15) is 0 Å². The molecular formula is C10H19N5. The van der Waals surface area contributed by atoms with Crippen LogP contribution in [0.2, 0.25) is 0 Å². The number of hydrogen-bond donors (Lipinski definition) is 1. The van der Waals surface area contributed by atoms with Crippen LogP contribution in [-0.2, 0) is 0 Å². The van der Waals surface area contributed by atoms with E-state index < -0.39 is 0 Å². The van der Waals surface area contributed by atoms with Crippen LogP contribution in [-0.4, -0.2) is 26.8 Å². The largest absolute Gasteiger partial charge is 0.307 e. The third-order valence-corrected chi connectivity index (χ3v) is 3.15. The Balaban J connectivity index is 2.15. The maximum absolute atomic E-state index is 4.15. The fourth-order valence-electron chi connectivity index (χ4n) is 1.99. The molecule has 0 saturated carbocycles. The summed E-state index contributed by atoms with van der Waals surface area (Å²) in [6.07, 6.45) is 4.74. The molecule has 1 aromatic heterocycles. The molecule has 1 fully saturated rings. The predicted octanol–water partition coefficient (Wildman–Crippen LogP) is 1.46. The second-order valence-electron chi connectivity index (χ2n) is 4.24. The van der Waals surface area contributed by atoms with Crippen molar-refractivity contribution in [3.8, 4) is 0 Å². The van der Waals surface area contributed by atoms with Gasteiger partial charge in [-0.05, 0) is 43.2 Å². The first-order chi connectivity index (χ1) is 7.33. The minimum Gasteiger partial charge on any atom is -0.307 e. The van der Waals surface area contributed by atoms with Crippen LogP contribution < -0.4 is 5.32 Å². The van der Waals surface area contributed by atoms with E-state index in [-0.39, 0.29) is 0 Å². The highest BCUT2D eigenvalue weighted by atomic mass is 15.6. The fraction of sp³-hybridized carbons (Fsp3) is 0.900. The Morgan fingerprint density at radius 3 is 3.07 bits per heavy atom. The lowest BCUT2D eigenvalue weighted by Crippen LogP contribution is -2.30. The van der Waals surface area contributed by atoms with E-state index >= 15 is 0 Å². The minimum absolute atomic E-state index is 0.350. The van der Waals surface area contributed by atoms with Crippen LogP contribution in [0.5, 0.6) is 0 Å². The monoisotopic (exact) mass is 209 g/mol. The molecule has 1 N–H and O–H groups in total. The molecule has 5 heteroatoms. The average Bonchev–Trinajstić information content (AvgIpc) is 2.78. The van der Waals surface area contributed by atoms with Crippen molar-refractivity contribution < 1.29 is 0 Å². The van der Waals surface area contributed by atoms with Crippen LogP contribution in [0.3, 0.4) is 0 Å². The number of piperidine rings is 1. The lowest BCUT2D eigenvalue weighted by atomic mass is 10.0. The molecule has 1 aliphatic rings. The Bertz CT molecular complexity index is 303. The summed E-state index contributed by atoms with van der Waals surface area (Å²) in [5.74, 6) is 1.00. The smallest absolute Gasteiger partial charge is 0.168 e. The van der Waals surface area contributed by atoms with Crippen molar-refractivity contribution in [2.24, 2.45) is 0 Å². The van der Waals surface area contributed by atoms with Crippen LogP contribution >= 0.6 is 0 Å². The lowest BCUT2D eigenvalue weighted by molar-refractivity contribution is 0.358. The van der Waals surface area contributed by atoms with E-state index in [0.717, 1.165) is 25.2 Å². The highest BCUT2D eigenvalue weighted by Gasteiger charge is 2.22. The van der Waals surface area contributed by atoms with Crippen molar-refractivity contribution >= 4 is 0 Å². The summed E-state index contributed by atoms with van der Waals surface area (Å²) in [4.78, 5) is 0. The summed E-state index contributed by atoms with van der Waals surface area (Å²) in [6, 6.07) is 0.737. The van der Waals surface area contributed by atoms with Crippen molar-refractivity contribution in [1.82, 2.24) is 25.5 Å². The van der Waals surface area contributed by atoms with E-state index in [0.29, 0.717) is 12.1 Å². The molecule has 0 spiro atoms. The van der Waals surface area contributed by atoms with Crippen molar-refractivity contribution in [1.29, 1.82) is 0 Å². The van der Waals surface area contributed by atoms with Crippen molar-refractivity contribution in [3.63, 3.8) is 0 Å². The summed E-state index contributed by atoms with van der Waals surface area (Å²) in [5.41, 5.74) is 0. The number of tetrazole rings is 1. The number of hydrogen-bond acceptors (Lipinski definition) is 4. The van der Waals surface area contributed by atoms with Crippen LogP contribution in [0.25, 0.3) is 0 Å². The molecule has 5 nitrogen and oxygen atoms in total. The molecule has 2 heterocycles. The van der Waals surface area contributed by atoms with E-state index in [1.54, 1.807) is 0 Å². The first-order valence-electron chi connectivity index (χ1n) is 5.84. The zero-order valence-corrected chi connectivity index (χ0v) is 9.48. The Labute approximate surface area is 90.2 Å². The van der Waals surface area contributed by atoms with E-state index in [9.17, 15) is 0 Å². The number of rotatable bonds is 3. The zero-order valence-electron chi connectivity index (χ0n) is 9.48. The van der Waals surface area contributed by atoms with E-state index in [2.05, 4.69) is 34.7 Å². The molecule has 0 aromatic carbocycles. The summed E-state index contributed by atoms with van der Waals surface area (Å²) in [6.45, 7) is 5.39. The molecule has 84 valence electrons. The molecule has 2 unspecified atom stereocenters. The third-order valence-electron chi connectivity index (χ3n) is 3.15. The fourth-order valence-corrected chi connectivity index (χ4v) is 1.99. The van der Waals surface area contributed by atoms with Crippen molar-refractivity contribution in [2.75, 3.05) is 6.54 Å². The Morgan fingerprint density at radius 1 is 1.53 bits per heavy atom. The van der Waals surface area contributed by atoms with Gasteiger partial charge < -0.3 is 5.32 Å². The maximum Gasteiger partial charge on any atom is 0.168 e. The summed E-state index contributed by atoms with van der Waals surface area (Å²) >= 11 is 0. The van der Waals surface area contributed by atoms with E-state index in [1.807, 2.05) is 4.68 Å². The van der Waals surface area contributed by atoms with Gasteiger partial charge in [0.25, 0.3) is 0 Å². The van der Waals surface area contributed by atoms with Gasteiger partial charge in [-0.25, -0.2) is 4.68 Å². The van der Waals surface area contributed by atoms with Crippen LogP contribution in [0.1, 0.15) is 57.4 Å². The molecule has 15 heavy (non-hydrogen) atoms. The molecule has 0 aliphatic carbocycles. The van der Waals surface area contributed by atoms with Gasteiger partial charge in [-0.3, -0.25) is 0 Å². The second-order valence-corrected chi connectivity index (χ2v) is 4.24. The van der Waals surface area contributed by atoms with Gasteiger partial charge in [0.15, 0.2) is 5.82 Å². The molecule has 1 aliphatic heterocycles. The standard InChI is InChI=1S/C10H19N5/c1-3-8(2)15-10(12-13-14-15)9-6-4-5-7-11-9/h8-9,11H,3-7H2,1-2H3. The predicted molar refractivity (Wildman–Crippen MR) is 57.4 cm³/mol. The second kappa shape index (κ2) is 4.70. The van der Waals surface area contributed by atoms with Gasteiger partial charge in [-0.15, -0.1) is 5.10 Å². The number of nitrogens with zero attached hydrogens (tertiary/aromatic N) is 4. The van der Waals surface area contributed by atoms with Gasteiger partial charge in [0.05, 0.1) is 12.1 Å². The number of nitrogens with one attached hydrogen (secondary N) is 1. The van der Waals surface area contributed by atoms with Gasteiger partial charge >= 0.3 is 0 Å². The first kappa shape index (κ1) is 10.5. The van der Waals surface area contributed by atoms with Crippen LogP contribution in [0, 0.1) is 0 Å². The highest BCUT2D eigenvalue weighted by Crippen LogP contribution is 2.22. The Kier molecular flexibility index (Phi) is 3.30. The molecule has 1 saturated heterocycles. The summed E-state index contributed by atoms with van der Waals surface area (Å²) < 4.78 is 1.96. The molecule has 0 radical (unpaired) electrons. The average molecular weight is 209 g/mol. The number of aromatic nitrogens is 4. The maximum atomic E-state index is 4.15. The summed E-state index contributed by atoms with van der Waals surface area (Å²) in [5, 5.41) is 15.5. The van der Waals surface area contributed by atoms with Crippen LogP contribution in [0.4, 0.5) is 0 Å². The Hall–Kier alpha value is -0.970. The van der Waals surface area contributed by atoms with Gasteiger partial charge in [0.2, 0.25) is 0 Å². The molecule has 2 atom stereocenters. The quantitative estimate of drug-likeness (QED) is 0.818. The van der Waals surface area contributed by atoms with E-state index in [1.165, 1.54) is 12.8 Å². The normalized spacial score (nSPS) is 24.0. The first-order valence-corrected chi connectivity index (χ1v) is 5.84. The molecule has 2 rings (SSSR count). The van der Waals surface area contributed by atoms with E-state index in [4.69, 9.17) is 0 Å². The summed E-state index contributed by atoms with van der Waals surface area (Å²) in [7, 11) is 0. The minimum atomic E-state index is 0.350. The van der Waals surface area contributed by atoms with Crippen molar-refractivity contribution in [2.45, 2.75) is 51.6 Å². The molecule has 1 aromatic rings. The Morgan fingerprint density at radius 2 is 2.40 bits per heavy atom. The van der Waals surface area contributed by atoms with Crippen LogP contribution in [0.15, 0.2) is 0 Å². The zero-order chi connectivity index (χ0) is 10.7. The lowest BCUT2D eigenvalue weighted by Gasteiger charge is -2.23. The van der Waals surface area contributed by atoms with Gasteiger partial charge in [0, 0.05) is 0 Å². The third kappa shape index (κ3) is 2.17. The van der Waals surface area contributed by atoms with Crippen molar-refractivity contribution in [3.05, 3.63) is 5.82 Å². The molecular weight excluding hydrogens is 190 g/mol. The highest BCUT2D eigenvalue weighted by molar-refractivity contribution is 4.95.